The van der Waals surface area contributed by atoms with Gasteiger partial charge in [0.25, 0.3) is 0 Å². The Morgan fingerprint density at radius 2 is 1.67 bits per heavy atom. The van der Waals surface area contributed by atoms with Crippen LogP contribution in [0.2, 0.25) is 0 Å². The molecule has 3 nitrogen and oxygen atoms in total. The number of hydrogen-bond donors (Lipinski definition) is 0. The minimum Gasteiger partial charge on any atom is -0.469 e. The third-order valence-electron chi connectivity index (χ3n) is 3.22. The van der Waals surface area contributed by atoms with E-state index in [-0.39, 0.29) is 11.9 Å². The van der Waals surface area contributed by atoms with Gasteiger partial charge in [-0.25, -0.2) is 0 Å². The van der Waals surface area contributed by atoms with Crippen molar-refractivity contribution >= 4 is 5.97 Å². The van der Waals surface area contributed by atoms with Crippen LogP contribution >= 0.6 is 0 Å². The van der Waals surface area contributed by atoms with Gasteiger partial charge in [0.15, 0.2) is 0 Å². The number of nitrogens with zero attached hydrogens (tertiary/aromatic N) is 1. The highest BCUT2D eigenvalue weighted by Crippen LogP contribution is 2.19. The van der Waals surface area contributed by atoms with Crippen LogP contribution in [0.25, 0.3) is 0 Å². The summed E-state index contributed by atoms with van der Waals surface area (Å²) in [4.78, 5) is 13.8. The first-order chi connectivity index (χ1) is 7.24. The van der Waals surface area contributed by atoms with Crippen molar-refractivity contribution in [2.75, 3.05) is 27.2 Å². The van der Waals surface area contributed by atoms with E-state index in [9.17, 15) is 4.79 Å². The number of hydrogen-bond acceptors (Lipinski definition) is 3. The van der Waals surface area contributed by atoms with Gasteiger partial charge in [0, 0.05) is 0 Å². The van der Waals surface area contributed by atoms with Crippen LogP contribution in [-0.2, 0) is 9.53 Å². The standard InChI is InChI=1S/C12H23NO2/c1-13-9-5-3-7-11(12(14)15-2)8-4-6-10-13/h11H,3-10H2,1-2H3. The Balaban J connectivity index is 2.37. The third kappa shape index (κ3) is 4.65. The summed E-state index contributed by atoms with van der Waals surface area (Å²) in [7, 11) is 3.67. The lowest BCUT2D eigenvalue weighted by Gasteiger charge is -2.21. The van der Waals surface area contributed by atoms with Gasteiger partial charge in [-0.05, 0) is 45.8 Å². The molecule has 1 aliphatic rings. The lowest BCUT2D eigenvalue weighted by atomic mass is 9.95. The second-order valence-electron chi connectivity index (χ2n) is 4.51. The average Bonchev–Trinajstić information content (AvgIpc) is 2.26. The zero-order valence-electron chi connectivity index (χ0n) is 10.00. The van der Waals surface area contributed by atoms with E-state index in [0.717, 1.165) is 38.8 Å². The number of methoxy groups -OCH3 is 1. The lowest BCUT2D eigenvalue weighted by molar-refractivity contribution is -0.146. The molecule has 1 saturated heterocycles. The molecule has 15 heavy (non-hydrogen) atoms. The van der Waals surface area contributed by atoms with Gasteiger partial charge in [-0.15, -0.1) is 0 Å². The number of esters is 1. The Morgan fingerprint density at radius 3 is 2.13 bits per heavy atom. The summed E-state index contributed by atoms with van der Waals surface area (Å²) in [5, 5.41) is 0. The van der Waals surface area contributed by atoms with E-state index in [0.29, 0.717) is 0 Å². The smallest absolute Gasteiger partial charge is 0.308 e. The van der Waals surface area contributed by atoms with E-state index >= 15 is 0 Å². The summed E-state index contributed by atoms with van der Waals surface area (Å²) in [5.74, 6) is 0.141. The molecule has 3 heteroatoms. The van der Waals surface area contributed by atoms with E-state index < -0.39 is 0 Å². The van der Waals surface area contributed by atoms with Crippen molar-refractivity contribution in [3.8, 4) is 0 Å². The second-order valence-corrected chi connectivity index (χ2v) is 4.51. The summed E-state index contributed by atoms with van der Waals surface area (Å²) < 4.78 is 4.83. The van der Waals surface area contributed by atoms with E-state index in [1.807, 2.05) is 0 Å². The molecule has 0 atom stereocenters. The first kappa shape index (κ1) is 12.5. The quantitative estimate of drug-likeness (QED) is 0.624. The van der Waals surface area contributed by atoms with Crippen molar-refractivity contribution in [1.29, 1.82) is 0 Å². The summed E-state index contributed by atoms with van der Waals surface area (Å²) >= 11 is 0. The highest BCUT2D eigenvalue weighted by molar-refractivity contribution is 5.72. The number of carbonyl (C=O) groups excluding carboxylic acids is 1. The van der Waals surface area contributed by atoms with Gasteiger partial charge in [0.1, 0.15) is 0 Å². The average molecular weight is 213 g/mol. The van der Waals surface area contributed by atoms with E-state index in [1.165, 1.54) is 20.0 Å². The van der Waals surface area contributed by atoms with E-state index in [1.54, 1.807) is 0 Å². The molecule has 0 saturated carbocycles. The molecule has 0 spiro atoms. The topological polar surface area (TPSA) is 29.5 Å². The largest absolute Gasteiger partial charge is 0.469 e. The maximum atomic E-state index is 11.5. The minimum absolute atomic E-state index is 0.0103. The first-order valence-electron chi connectivity index (χ1n) is 6.00. The second kappa shape index (κ2) is 6.83. The zero-order chi connectivity index (χ0) is 11.1. The van der Waals surface area contributed by atoms with Crippen LogP contribution in [0.1, 0.15) is 38.5 Å². The van der Waals surface area contributed by atoms with Gasteiger partial charge in [-0.3, -0.25) is 4.79 Å². The molecular weight excluding hydrogens is 190 g/mol. The summed E-state index contributed by atoms with van der Waals surface area (Å²) in [5.41, 5.74) is 0. The van der Waals surface area contributed by atoms with Crippen LogP contribution in [0.3, 0.4) is 0 Å². The van der Waals surface area contributed by atoms with Crippen LogP contribution in [0, 0.1) is 5.92 Å². The number of carbonyl (C=O) groups is 1. The Kier molecular flexibility index (Phi) is 5.69. The normalized spacial score (nSPS) is 22.3. The molecule has 0 aromatic heterocycles. The minimum atomic E-state index is -0.0103. The third-order valence-corrected chi connectivity index (χ3v) is 3.22. The Bertz CT molecular complexity index is 182. The summed E-state index contributed by atoms with van der Waals surface area (Å²) in [6.45, 7) is 2.32. The molecule has 1 aliphatic heterocycles. The number of rotatable bonds is 1. The molecule has 0 aromatic carbocycles. The van der Waals surface area contributed by atoms with E-state index in [2.05, 4.69) is 11.9 Å². The van der Waals surface area contributed by atoms with Crippen LogP contribution in [0.4, 0.5) is 0 Å². The Morgan fingerprint density at radius 1 is 1.13 bits per heavy atom. The van der Waals surface area contributed by atoms with Crippen LogP contribution in [0.15, 0.2) is 0 Å². The first-order valence-corrected chi connectivity index (χ1v) is 6.00. The number of ether oxygens (including phenoxy) is 1. The molecule has 1 fully saturated rings. The predicted octanol–water partition coefficient (Wildman–Crippen LogP) is 2.06. The molecule has 88 valence electrons. The molecule has 0 aromatic rings. The fourth-order valence-electron chi connectivity index (χ4n) is 2.20. The van der Waals surface area contributed by atoms with Crippen molar-refractivity contribution in [1.82, 2.24) is 4.90 Å². The lowest BCUT2D eigenvalue weighted by Crippen LogP contribution is -2.24. The predicted molar refractivity (Wildman–Crippen MR) is 60.7 cm³/mol. The van der Waals surface area contributed by atoms with Gasteiger partial charge < -0.3 is 9.64 Å². The van der Waals surface area contributed by atoms with Crippen LogP contribution in [-0.4, -0.2) is 38.1 Å². The molecule has 0 amide bonds. The highest BCUT2D eigenvalue weighted by Gasteiger charge is 2.19. The van der Waals surface area contributed by atoms with Gasteiger partial charge >= 0.3 is 5.97 Å². The van der Waals surface area contributed by atoms with Gasteiger partial charge in [-0.1, -0.05) is 12.8 Å². The SMILES string of the molecule is COC(=O)C1CCCCN(C)CCCC1. The van der Waals surface area contributed by atoms with Crippen molar-refractivity contribution in [3.63, 3.8) is 0 Å². The highest BCUT2D eigenvalue weighted by atomic mass is 16.5. The molecule has 0 bridgehead atoms. The molecule has 0 unspecified atom stereocenters. The summed E-state index contributed by atoms with van der Waals surface area (Å²) in [6.07, 6.45) is 6.68. The Labute approximate surface area is 92.8 Å². The van der Waals surface area contributed by atoms with Gasteiger partial charge in [0.05, 0.1) is 13.0 Å². The molecular formula is C12H23NO2. The van der Waals surface area contributed by atoms with Crippen molar-refractivity contribution in [3.05, 3.63) is 0 Å². The molecule has 0 radical (unpaired) electrons. The summed E-state index contributed by atoms with van der Waals surface area (Å²) in [6, 6.07) is 0. The van der Waals surface area contributed by atoms with E-state index in [4.69, 9.17) is 4.74 Å². The molecule has 1 rings (SSSR count). The monoisotopic (exact) mass is 213 g/mol. The Hall–Kier alpha value is -0.570. The fraction of sp³-hybridized carbons (Fsp3) is 0.917. The maximum absolute atomic E-state index is 11.5. The molecule has 1 heterocycles. The van der Waals surface area contributed by atoms with Crippen LogP contribution in [0.5, 0.6) is 0 Å². The maximum Gasteiger partial charge on any atom is 0.308 e. The fourth-order valence-corrected chi connectivity index (χ4v) is 2.20. The molecule has 0 aliphatic carbocycles. The zero-order valence-corrected chi connectivity index (χ0v) is 10.00. The van der Waals surface area contributed by atoms with Crippen molar-refractivity contribution < 1.29 is 9.53 Å². The molecule has 0 N–H and O–H groups in total. The van der Waals surface area contributed by atoms with Crippen molar-refractivity contribution in [2.24, 2.45) is 5.92 Å². The van der Waals surface area contributed by atoms with Crippen molar-refractivity contribution in [2.45, 2.75) is 38.5 Å². The van der Waals surface area contributed by atoms with Gasteiger partial charge in [0.2, 0.25) is 0 Å². The van der Waals surface area contributed by atoms with Gasteiger partial charge in [-0.2, -0.15) is 0 Å². The van der Waals surface area contributed by atoms with Crippen LogP contribution < -0.4 is 0 Å².